The largest absolute Gasteiger partial charge is 0.508 e. The number of phenols is 1. The van der Waals surface area contributed by atoms with Crippen molar-refractivity contribution in [2.75, 3.05) is 32.1 Å². The number of fused-ring (bicyclic) bond motifs is 2. The molecule has 5 aromatic rings. The van der Waals surface area contributed by atoms with E-state index >= 15 is 0 Å². The van der Waals surface area contributed by atoms with Gasteiger partial charge in [0.15, 0.2) is 5.71 Å². The molecule has 0 saturated heterocycles. The van der Waals surface area contributed by atoms with E-state index in [0.29, 0.717) is 18.7 Å². The molecule has 2 aliphatic rings. The van der Waals surface area contributed by atoms with E-state index in [4.69, 9.17) is 4.74 Å². The van der Waals surface area contributed by atoms with E-state index in [2.05, 4.69) is 155 Å². The first-order valence-electron chi connectivity index (χ1n) is 20.2. The molecule has 2 heterocycles. The number of likely N-dealkylation sites (N-methyl/N-ethyl adjacent to an activating group) is 1. The Morgan fingerprint density at radius 2 is 1.41 bits per heavy atom. The molecule has 2 aliphatic heterocycles. The molecule has 0 bridgehead atoms. The minimum absolute atomic E-state index is 0.0611. The summed E-state index contributed by atoms with van der Waals surface area (Å²) in [5, 5.41) is 13.0. The molecule has 6 nitrogen and oxygen atoms in total. The second-order valence-electron chi connectivity index (χ2n) is 16.0. The summed E-state index contributed by atoms with van der Waals surface area (Å²) in [5.41, 5.74) is 13.1. The number of hydrogen-bond acceptors (Lipinski definition) is 4. The van der Waals surface area contributed by atoms with Crippen LogP contribution in [0.4, 0.5) is 11.4 Å². The molecule has 7 rings (SSSR count). The molecule has 0 unspecified atom stereocenters. The Balaban J connectivity index is 0.973. The Morgan fingerprint density at radius 1 is 0.759 bits per heavy atom. The summed E-state index contributed by atoms with van der Waals surface area (Å²) in [5.74, 6) is 0.840. The number of carbonyl (C=O) groups excluding carboxylic acids is 1. The minimum atomic E-state index is -0.288. The van der Waals surface area contributed by atoms with E-state index in [1.807, 2.05) is 48.5 Å². The van der Waals surface area contributed by atoms with Crippen LogP contribution in [0.1, 0.15) is 79.2 Å². The predicted octanol–water partition coefficient (Wildman–Crippen LogP) is 11.0. The van der Waals surface area contributed by atoms with Crippen molar-refractivity contribution in [3.8, 4) is 11.5 Å². The van der Waals surface area contributed by atoms with Crippen LogP contribution in [-0.2, 0) is 10.8 Å². The minimum Gasteiger partial charge on any atom is -0.508 e. The van der Waals surface area contributed by atoms with E-state index in [9.17, 15) is 9.90 Å². The van der Waals surface area contributed by atoms with Gasteiger partial charge in [0, 0.05) is 47.1 Å². The fourth-order valence-corrected chi connectivity index (χ4v) is 8.60. The first-order chi connectivity index (χ1) is 27.9. The van der Waals surface area contributed by atoms with Crippen molar-refractivity contribution in [3.63, 3.8) is 0 Å². The second kappa shape index (κ2) is 16.6. The molecule has 0 fully saturated rings. The van der Waals surface area contributed by atoms with Crippen LogP contribution in [0.5, 0.6) is 11.5 Å². The van der Waals surface area contributed by atoms with Crippen LogP contribution in [-0.4, -0.2) is 48.5 Å². The molecule has 1 amide bonds. The Morgan fingerprint density at radius 3 is 2.10 bits per heavy atom. The average molecular weight is 769 g/mol. The summed E-state index contributed by atoms with van der Waals surface area (Å²) >= 11 is 0. The highest BCUT2D eigenvalue weighted by Crippen LogP contribution is 2.47. The summed E-state index contributed by atoms with van der Waals surface area (Å²) in [6, 6.07) is 40.4. The predicted molar refractivity (Wildman–Crippen MR) is 240 cm³/mol. The van der Waals surface area contributed by atoms with Crippen molar-refractivity contribution >= 4 is 34.1 Å². The van der Waals surface area contributed by atoms with Crippen molar-refractivity contribution in [1.82, 2.24) is 5.32 Å². The number of allylic oxidation sites excluding steroid dienone is 7. The Kier molecular flexibility index (Phi) is 11.4. The fraction of sp³-hybridized carbons (Fsp3) is 0.231. The van der Waals surface area contributed by atoms with E-state index in [0.717, 1.165) is 40.1 Å². The Bertz CT molecular complexity index is 2470. The fourth-order valence-electron chi connectivity index (χ4n) is 8.60. The smallest absolute Gasteiger partial charge is 0.251 e. The zero-order chi connectivity index (χ0) is 41.0. The van der Waals surface area contributed by atoms with Crippen LogP contribution >= 0.6 is 0 Å². The zero-order valence-corrected chi connectivity index (χ0v) is 34.7. The van der Waals surface area contributed by atoms with Crippen LogP contribution in [0.15, 0.2) is 157 Å². The van der Waals surface area contributed by atoms with Gasteiger partial charge in [-0.2, -0.15) is 4.58 Å². The van der Waals surface area contributed by atoms with Gasteiger partial charge in [0.2, 0.25) is 5.69 Å². The molecular formula is C52H54N3O3+. The maximum atomic E-state index is 13.4. The first kappa shape index (κ1) is 39.8. The van der Waals surface area contributed by atoms with Crippen molar-refractivity contribution in [3.05, 3.63) is 191 Å². The standard InChI is InChI=1S/C52H53N3O3/c1-8-42(36-17-11-9-12-18-36)49(37-23-28-40(56)29-24-37)38-25-30-41(31-26-38)58-34-33-53-50(57)39-27-32-46-44(35-39)52(4,5)48(55(46)7)22-14-10-13-21-47-51(2,3)43-19-15-16-20-45(43)54(47)6/h9-32,35H,8,33-34H2,1-7H3,(H-,53,56,57)/p+1/b49-42+. The highest BCUT2D eigenvalue weighted by atomic mass is 16.5. The maximum Gasteiger partial charge on any atom is 0.251 e. The van der Waals surface area contributed by atoms with Crippen molar-refractivity contribution in [2.45, 2.75) is 51.9 Å². The van der Waals surface area contributed by atoms with E-state index < -0.39 is 0 Å². The first-order valence-corrected chi connectivity index (χ1v) is 20.2. The van der Waals surface area contributed by atoms with Gasteiger partial charge in [-0.3, -0.25) is 4.79 Å². The topological polar surface area (TPSA) is 64.8 Å². The maximum absolute atomic E-state index is 13.4. The number of amides is 1. The number of nitrogens with one attached hydrogen (secondary N) is 1. The van der Waals surface area contributed by atoms with Crippen LogP contribution < -0.4 is 15.0 Å². The third-order valence-electron chi connectivity index (χ3n) is 11.7. The molecular weight excluding hydrogens is 715 g/mol. The van der Waals surface area contributed by atoms with Crippen molar-refractivity contribution in [2.24, 2.45) is 0 Å². The zero-order valence-electron chi connectivity index (χ0n) is 34.7. The summed E-state index contributed by atoms with van der Waals surface area (Å²) < 4.78 is 8.36. The van der Waals surface area contributed by atoms with E-state index in [-0.39, 0.29) is 22.5 Å². The van der Waals surface area contributed by atoms with E-state index in [1.54, 1.807) is 12.1 Å². The Hall–Kier alpha value is -6.40. The second-order valence-corrected chi connectivity index (χ2v) is 16.0. The van der Waals surface area contributed by atoms with Gasteiger partial charge in [-0.15, -0.1) is 0 Å². The molecule has 6 heteroatoms. The summed E-state index contributed by atoms with van der Waals surface area (Å²) in [7, 11) is 4.23. The van der Waals surface area contributed by atoms with Gasteiger partial charge in [0.25, 0.3) is 5.91 Å². The number of phenolic OH excluding ortho intramolecular Hbond substituents is 1. The highest BCUT2D eigenvalue weighted by Gasteiger charge is 2.42. The van der Waals surface area contributed by atoms with E-state index in [1.165, 1.54) is 33.8 Å². The lowest BCUT2D eigenvalue weighted by molar-refractivity contribution is -0.401. The summed E-state index contributed by atoms with van der Waals surface area (Å²) in [6.07, 6.45) is 11.5. The van der Waals surface area contributed by atoms with Crippen molar-refractivity contribution in [1.29, 1.82) is 0 Å². The number of benzene rings is 5. The lowest BCUT2D eigenvalue weighted by Crippen LogP contribution is -2.28. The number of aromatic hydroxyl groups is 1. The van der Waals surface area contributed by atoms with Crippen LogP contribution in [0, 0.1) is 0 Å². The third-order valence-corrected chi connectivity index (χ3v) is 11.7. The molecule has 0 atom stereocenters. The number of anilines is 1. The summed E-state index contributed by atoms with van der Waals surface area (Å²) in [4.78, 5) is 15.6. The lowest BCUT2D eigenvalue weighted by Gasteiger charge is -2.23. The SMILES string of the molecule is CC/C(=C(/c1ccc(O)cc1)c1ccc(OCCNC(=O)c2ccc3c(c2)C(C)(C)C(=CC=CC=CC2=[N+](C)c4ccccc4C2(C)C)N3C)cc1)c1ccccc1. The van der Waals surface area contributed by atoms with Gasteiger partial charge >= 0.3 is 0 Å². The molecule has 0 aliphatic carbocycles. The number of rotatable bonds is 12. The number of hydrogen-bond donors (Lipinski definition) is 2. The highest BCUT2D eigenvalue weighted by molar-refractivity contribution is 6.03. The molecule has 58 heavy (non-hydrogen) atoms. The average Bonchev–Trinajstić information content (AvgIpc) is 3.55. The summed E-state index contributed by atoms with van der Waals surface area (Å²) in [6.45, 7) is 11.9. The van der Waals surface area contributed by atoms with Gasteiger partial charge in [-0.05, 0) is 102 Å². The van der Waals surface area contributed by atoms with Gasteiger partial charge in [0.1, 0.15) is 25.2 Å². The van der Waals surface area contributed by atoms with Crippen LogP contribution in [0.25, 0.3) is 11.1 Å². The van der Waals surface area contributed by atoms with Gasteiger partial charge in [-0.25, -0.2) is 0 Å². The van der Waals surface area contributed by atoms with Crippen molar-refractivity contribution < 1.29 is 19.2 Å². The van der Waals surface area contributed by atoms with Gasteiger partial charge < -0.3 is 20.1 Å². The lowest BCUT2D eigenvalue weighted by atomic mass is 9.81. The molecule has 294 valence electrons. The molecule has 0 spiro atoms. The number of nitrogens with zero attached hydrogens (tertiary/aromatic N) is 2. The molecule has 2 N–H and O–H groups in total. The molecule has 0 saturated carbocycles. The molecule has 0 radical (unpaired) electrons. The molecule has 5 aromatic carbocycles. The molecule has 0 aromatic heterocycles. The van der Waals surface area contributed by atoms with Crippen LogP contribution in [0.2, 0.25) is 0 Å². The number of para-hydroxylation sites is 1. The number of ether oxygens (including phenoxy) is 1. The Labute approximate surface area is 343 Å². The van der Waals surface area contributed by atoms with Gasteiger partial charge in [-0.1, -0.05) is 112 Å². The monoisotopic (exact) mass is 768 g/mol. The third kappa shape index (κ3) is 7.79. The normalized spacial score (nSPS) is 16.5. The van der Waals surface area contributed by atoms with Gasteiger partial charge in [0.05, 0.1) is 12.0 Å². The van der Waals surface area contributed by atoms with Crippen LogP contribution in [0.3, 0.4) is 0 Å². The number of carbonyl (C=O) groups is 1. The quantitative estimate of drug-likeness (QED) is 0.0574.